The van der Waals surface area contributed by atoms with Crippen LogP contribution in [0.15, 0.2) is 51.7 Å². The van der Waals surface area contributed by atoms with E-state index in [2.05, 4.69) is 0 Å². The molecule has 2 aromatic carbocycles. The predicted molar refractivity (Wildman–Crippen MR) is 104 cm³/mol. The number of aryl methyl sites for hydroxylation is 1. The zero-order chi connectivity index (χ0) is 20.4. The van der Waals surface area contributed by atoms with Crippen LogP contribution in [-0.2, 0) is 4.74 Å². The molecule has 0 aliphatic heterocycles. The highest BCUT2D eigenvalue weighted by Crippen LogP contribution is 2.29. The van der Waals surface area contributed by atoms with E-state index in [4.69, 9.17) is 13.9 Å². The Labute approximate surface area is 161 Å². The summed E-state index contributed by atoms with van der Waals surface area (Å²) in [4.78, 5) is 37.4. The standard InChI is InChI=1S/C21H19NO6/c1-12-16-9-8-15(27-21(25)22(2)3)11-17(16)28-20(24)18(12)13-6-5-7-14(10-13)19(23)26-4/h5-11H,1-4H3. The Morgan fingerprint density at radius 1 is 1.07 bits per heavy atom. The molecule has 7 heteroatoms. The van der Waals surface area contributed by atoms with E-state index < -0.39 is 17.7 Å². The van der Waals surface area contributed by atoms with Gasteiger partial charge >= 0.3 is 17.7 Å². The van der Waals surface area contributed by atoms with Crippen LogP contribution in [0.4, 0.5) is 4.79 Å². The lowest BCUT2D eigenvalue weighted by molar-refractivity contribution is 0.0600. The molecule has 0 radical (unpaired) electrons. The minimum Gasteiger partial charge on any atom is -0.465 e. The summed E-state index contributed by atoms with van der Waals surface area (Å²) in [6, 6.07) is 11.5. The number of rotatable bonds is 3. The van der Waals surface area contributed by atoms with Gasteiger partial charge in [0.2, 0.25) is 0 Å². The van der Waals surface area contributed by atoms with Crippen molar-refractivity contribution in [3.05, 3.63) is 64.0 Å². The molecule has 28 heavy (non-hydrogen) atoms. The van der Waals surface area contributed by atoms with Crippen molar-refractivity contribution in [2.45, 2.75) is 6.92 Å². The summed E-state index contributed by atoms with van der Waals surface area (Å²) in [6.45, 7) is 1.80. The molecule has 0 saturated heterocycles. The van der Waals surface area contributed by atoms with Crippen LogP contribution in [0.1, 0.15) is 15.9 Å². The predicted octanol–water partition coefficient (Wildman–Crippen LogP) is 3.62. The monoisotopic (exact) mass is 381 g/mol. The van der Waals surface area contributed by atoms with Crippen LogP contribution in [0.5, 0.6) is 5.75 Å². The van der Waals surface area contributed by atoms with Gasteiger partial charge < -0.3 is 18.8 Å². The number of esters is 1. The van der Waals surface area contributed by atoms with Crippen LogP contribution < -0.4 is 10.4 Å². The molecule has 0 saturated carbocycles. The number of ether oxygens (including phenoxy) is 2. The molecule has 0 unspecified atom stereocenters. The van der Waals surface area contributed by atoms with E-state index in [9.17, 15) is 14.4 Å². The average Bonchev–Trinajstić information content (AvgIpc) is 2.67. The average molecular weight is 381 g/mol. The highest BCUT2D eigenvalue weighted by atomic mass is 16.6. The third kappa shape index (κ3) is 3.59. The molecule has 3 aromatic rings. The Bertz CT molecular complexity index is 1130. The summed E-state index contributed by atoms with van der Waals surface area (Å²) >= 11 is 0. The van der Waals surface area contributed by atoms with E-state index in [1.807, 2.05) is 0 Å². The Kier molecular flexibility index (Phi) is 5.17. The number of nitrogens with zero attached hydrogens (tertiary/aromatic N) is 1. The molecule has 0 fully saturated rings. The Balaban J connectivity index is 2.10. The number of hydrogen-bond acceptors (Lipinski definition) is 6. The lowest BCUT2D eigenvalue weighted by Crippen LogP contribution is -2.25. The Morgan fingerprint density at radius 3 is 2.50 bits per heavy atom. The second-order valence-corrected chi connectivity index (χ2v) is 6.38. The van der Waals surface area contributed by atoms with Gasteiger partial charge in [-0.2, -0.15) is 0 Å². The van der Waals surface area contributed by atoms with Gasteiger partial charge in [0.15, 0.2) is 0 Å². The van der Waals surface area contributed by atoms with Gasteiger partial charge in [-0.05, 0) is 42.3 Å². The minimum absolute atomic E-state index is 0.272. The molecule has 1 amide bonds. The van der Waals surface area contributed by atoms with E-state index in [0.717, 1.165) is 0 Å². The lowest BCUT2D eigenvalue weighted by atomic mass is 9.98. The van der Waals surface area contributed by atoms with Gasteiger partial charge in [0, 0.05) is 25.5 Å². The van der Waals surface area contributed by atoms with Crippen molar-refractivity contribution < 1.29 is 23.5 Å². The summed E-state index contributed by atoms with van der Waals surface area (Å²) in [7, 11) is 4.44. The first-order valence-electron chi connectivity index (χ1n) is 8.47. The fourth-order valence-electron chi connectivity index (χ4n) is 2.85. The number of methoxy groups -OCH3 is 1. The first-order valence-corrected chi connectivity index (χ1v) is 8.47. The topological polar surface area (TPSA) is 86.1 Å². The third-order valence-corrected chi connectivity index (χ3v) is 4.28. The van der Waals surface area contributed by atoms with Gasteiger partial charge in [0.25, 0.3) is 0 Å². The van der Waals surface area contributed by atoms with Crippen molar-refractivity contribution in [2.24, 2.45) is 0 Å². The molecule has 0 aliphatic rings. The number of carbonyl (C=O) groups excluding carboxylic acids is 2. The molecule has 144 valence electrons. The second kappa shape index (κ2) is 7.56. The highest BCUT2D eigenvalue weighted by molar-refractivity contribution is 5.92. The summed E-state index contributed by atoms with van der Waals surface area (Å²) < 4.78 is 15.4. The first kappa shape index (κ1) is 19.2. The minimum atomic E-state index is -0.553. The molecule has 0 atom stereocenters. The van der Waals surface area contributed by atoms with Crippen molar-refractivity contribution in [1.82, 2.24) is 4.90 Å². The summed E-state index contributed by atoms with van der Waals surface area (Å²) in [5, 5.41) is 0.697. The zero-order valence-electron chi connectivity index (χ0n) is 15.9. The van der Waals surface area contributed by atoms with E-state index >= 15 is 0 Å². The zero-order valence-corrected chi connectivity index (χ0v) is 15.9. The fourth-order valence-corrected chi connectivity index (χ4v) is 2.85. The number of carbonyl (C=O) groups is 2. The largest absolute Gasteiger partial charge is 0.465 e. The van der Waals surface area contributed by atoms with Gasteiger partial charge in [-0.1, -0.05) is 12.1 Å². The van der Waals surface area contributed by atoms with Crippen LogP contribution >= 0.6 is 0 Å². The lowest BCUT2D eigenvalue weighted by Gasteiger charge is -2.12. The van der Waals surface area contributed by atoms with Crippen molar-refractivity contribution in [2.75, 3.05) is 21.2 Å². The van der Waals surface area contributed by atoms with Gasteiger partial charge in [-0.25, -0.2) is 14.4 Å². The quantitative estimate of drug-likeness (QED) is 0.509. The van der Waals surface area contributed by atoms with Crippen LogP contribution in [0.3, 0.4) is 0 Å². The van der Waals surface area contributed by atoms with E-state index in [1.54, 1.807) is 57.4 Å². The molecule has 0 spiro atoms. The molecule has 0 N–H and O–H groups in total. The molecule has 1 aromatic heterocycles. The van der Waals surface area contributed by atoms with E-state index in [1.165, 1.54) is 18.1 Å². The van der Waals surface area contributed by atoms with Crippen LogP contribution in [0, 0.1) is 6.92 Å². The highest BCUT2D eigenvalue weighted by Gasteiger charge is 2.16. The molecular formula is C21H19NO6. The smallest absolute Gasteiger partial charge is 0.414 e. The van der Waals surface area contributed by atoms with Gasteiger partial charge in [0.1, 0.15) is 11.3 Å². The van der Waals surface area contributed by atoms with Crippen LogP contribution in [0.2, 0.25) is 0 Å². The molecule has 3 rings (SSSR count). The van der Waals surface area contributed by atoms with Crippen molar-refractivity contribution in [3.8, 4) is 16.9 Å². The SMILES string of the molecule is COC(=O)c1cccc(-c2c(C)c3ccc(OC(=O)N(C)C)cc3oc2=O)c1. The third-order valence-electron chi connectivity index (χ3n) is 4.28. The van der Waals surface area contributed by atoms with Crippen LogP contribution in [-0.4, -0.2) is 38.2 Å². The summed E-state index contributed by atoms with van der Waals surface area (Å²) in [6.07, 6.45) is -0.533. The molecule has 1 heterocycles. The first-order chi connectivity index (χ1) is 13.3. The Morgan fingerprint density at radius 2 is 1.82 bits per heavy atom. The fraction of sp³-hybridized carbons (Fsp3) is 0.190. The molecule has 7 nitrogen and oxygen atoms in total. The van der Waals surface area contributed by atoms with E-state index in [0.29, 0.717) is 33.2 Å². The number of hydrogen-bond donors (Lipinski definition) is 0. The van der Waals surface area contributed by atoms with Gasteiger partial charge in [-0.3, -0.25) is 0 Å². The molecule has 0 bridgehead atoms. The normalized spacial score (nSPS) is 10.6. The van der Waals surface area contributed by atoms with E-state index in [-0.39, 0.29) is 5.75 Å². The number of amides is 1. The molecule has 0 aliphatic carbocycles. The van der Waals surface area contributed by atoms with Crippen molar-refractivity contribution in [3.63, 3.8) is 0 Å². The van der Waals surface area contributed by atoms with Crippen LogP contribution in [0.25, 0.3) is 22.1 Å². The maximum atomic E-state index is 12.6. The van der Waals surface area contributed by atoms with Gasteiger partial charge in [-0.15, -0.1) is 0 Å². The summed E-state index contributed by atoms with van der Waals surface area (Å²) in [5.74, 6) is -0.216. The maximum Gasteiger partial charge on any atom is 0.414 e. The second-order valence-electron chi connectivity index (χ2n) is 6.38. The summed E-state index contributed by atoms with van der Waals surface area (Å²) in [5.41, 5.74) is 1.70. The maximum absolute atomic E-state index is 12.6. The number of fused-ring (bicyclic) bond motifs is 1. The van der Waals surface area contributed by atoms with Crippen molar-refractivity contribution in [1.29, 1.82) is 0 Å². The molecular weight excluding hydrogens is 362 g/mol. The number of benzene rings is 2. The Hall–Kier alpha value is -3.61. The van der Waals surface area contributed by atoms with Crippen molar-refractivity contribution >= 4 is 23.0 Å². The van der Waals surface area contributed by atoms with Gasteiger partial charge in [0.05, 0.1) is 18.2 Å².